The zero-order valence-corrected chi connectivity index (χ0v) is 11.2. The van der Waals surface area contributed by atoms with Gasteiger partial charge in [0.05, 0.1) is 12.5 Å². The molecule has 1 heterocycles. The Labute approximate surface area is 108 Å². The van der Waals surface area contributed by atoms with E-state index in [0.717, 1.165) is 12.0 Å². The van der Waals surface area contributed by atoms with Gasteiger partial charge in [-0.2, -0.15) is 5.26 Å². The number of aryl methyl sites for hydroxylation is 2. The Morgan fingerprint density at radius 1 is 1.17 bits per heavy atom. The summed E-state index contributed by atoms with van der Waals surface area (Å²) in [5, 5.41) is 8.86. The summed E-state index contributed by atoms with van der Waals surface area (Å²) in [4.78, 5) is 0. The molecule has 2 aromatic rings. The van der Waals surface area contributed by atoms with E-state index < -0.39 is 0 Å². The molecule has 0 aliphatic heterocycles. The minimum absolute atomic E-state index is 0.480. The second-order valence-corrected chi connectivity index (χ2v) is 4.55. The summed E-state index contributed by atoms with van der Waals surface area (Å²) >= 11 is 0. The Balaban J connectivity index is 2.61. The van der Waals surface area contributed by atoms with Gasteiger partial charge in [0, 0.05) is 17.1 Å². The molecule has 0 spiro atoms. The molecule has 1 aromatic heterocycles. The first kappa shape index (κ1) is 12.4. The van der Waals surface area contributed by atoms with Gasteiger partial charge in [0.1, 0.15) is 0 Å². The van der Waals surface area contributed by atoms with Crippen molar-refractivity contribution in [2.75, 3.05) is 0 Å². The fourth-order valence-electron chi connectivity index (χ4n) is 2.49. The first-order chi connectivity index (χ1) is 8.69. The van der Waals surface area contributed by atoms with Crippen LogP contribution < -0.4 is 0 Å². The molecule has 0 aliphatic carbocycles. The average molecular weight is 238 g/mol. The van der Waals surface area contributed by atoms with Gasteiger partial charge in [0.2, 0.25) is 0 Å². The van der Waals surface area contributed by atoms with Crippen LogP contribution in [0.2, 0.25) is 0 Å². The van der Waals surface area contributed by atoms with E-state index in [-0.39, 0.29) is 0 Å². The lowest BCUT2D eigenvalue weighted by atomic mass is 10.1. The fraction of sp³-hybridized carbons (Fsp3) is 0.312. The zero-order valence-electron chi connectivity index (χ0n) is 11.2. The molecule has 0 aliphatic rings. The van der Waals surface area contributed by atoms with Gasteiger partial charge in [-0.05, 0) is 43.5 Å². The highest BCUT2D eigenvalue weighted by atomic mass is 15.0. The molecule has 0 fully saturated rings. The lowest BCUT2D eigenvalue weighted by Gasteiger charge is -2.14. The summed E-state index contributed by atoms with van der Waals surface area (Å²) in [6.45, 7) is 6.36. The number of hydrogen-bond acceptors (Lipinski definition) is 1. The Bertz CT molecular complexity index is 600. The molecular formula is C16H18N2. The molecule has 2 heteroatoms. The van der Waals surface area contributed by atoms with Gasteiger partial charge < -0.3 is 4.57 Å². The van der Waals surface area contributed by atoms with Crippen LogP contribution in [0.3, 0.4) is 0 Å². The van der Waals surface area contributed by atoms with E-state index >= 15 is 0 Å². The fourth-order valence-corrected chi connectivity index (χ4v) is 2.49. The molecule has 1 aromatic carbocycles. The highest BCUT2D eigenvalue weighted by Gasteiger charge is 2.12. The van der Waals surface area contributed by atoms with Crippen LogP contribution in [0.5, 0.6) is 0 Å². The van der Waals surface area contributed by atoms with Crippen molar-refractivity contribution >= 4 is 0 Å². The van der Waals surface area contributed by atoms with Crippen LogP contribution in [0.25, 0.3) is 5.69 Å². The van der Waals surface area contributed by atoms with Gasteiger partial charge in [-0.3, -0.25) is 0 Å². The van der Waals surface area contributed by atoms with Crippen LogP contribution in [-0.2, 0) is 12.8 Å². The van der Waals surface area contributed by atoms with Crippen molar-refractivity contribution in [2.24, 2.45) is 0 Å². The van der Waals surface area contributed by atoms with Crippen molar-refractivity contribution < 1.29 is 0 Å². The molecule has 0 atom stereocenters. The molecule has 18 heavy (non-hydrogen) atoms. The predicted molar refractivity (Wildman–Crippen MR) is 73.9 cm³/mol. The quantitative estimate of drug-likeness (QED) is 0.801. The van der Waals surface area contributed by atoms with Crippen LogP contribution >= 0.6 is 0 Å². The number of aromatic nitrogens is 1. The monoisotopic (exact) mass is 238 g/mol. The first-order valence-electron chi connectivity index (χ1n) is 6.32. The third kappa shape index (κ3) is 2.04. The maximum absolute atomic E-state index is 8.86. The van der Waals surface area contributed by atoms with Crippen molar-refractivity contribution in [3.63, 3.8) is 0 Å². The van der Waals surface area contributed by atoms with Gasteiger partial charge in [0.25, 0.3) is 0 Å². The normalized spacial score (nSPS) is 10.3. The molecule has 0 amide bonds. The van der Waals surface area contributed by atoms with Crippen molar-refractivity contribution in [1.82, 2.24) is 4.57 Å². The third-order valence-electron chi connectivity index (χ3n) is 3.42. The summed E-state index contributed by atoms with van der Waals surface area (Å²) in [5.41, 5.74) is 6.07. The number of benzene rings is 1. The lowest BCUT2D eigenvalue weighted by Crippen LogP contribution is -2.03. The minimum Gasteiger partial charge on any atom is -0.318 e. The van der Waals surface area contributed by atoms with E-state index in [1.54, 1.807) is 0 Å². The van der Waals surface area contributed by atoms with Crippen LogP contribution in [0, 0.1) is 25.2 Å². The van der Waals surface area contributed by atoms with Gasteiger partial charge in [-0.15, -0.1) is 0 Å². The Morgan fingerprint density at radius 3 is 2.56 bits per heavy atom. The largest absolute Gasteiger partial charge is 0.318 e. The van der Waals surface area contributed by atoms with Crippen molar-refractivity contribution in [2.45, 2.75) is 33.6 Å². The molecule has 2 nitrogen and oxygen atoms in total. The molecule has 0 saturated carbocycles. The topological polar surface area (TPSA) is 28.7 Å². The second-order valence-electron chi connectivity index (χ2n) is 4.55. The summed E-state index contributed by atoms with van der Waals surface area (Å²) < 4.78 is 2.26. The number of nitrogens with zero attached hydrogens (tertiary/aromatic N) is 2. The molecule has 92 valence electrons. The lowest BCUT2D eigenvalue weighted by molar-refractivity contribution is 0.930. The molecule has 0 saturated heterocycles. The molecule has 2 rings (SSSR count). The Hall–Kier alpha value is -2.01. The maximum Gasteiger partial charge on any atom is 0.0670 e. The number of para-hydroxylation sites is 1. The van der Waals surface area contributed by atoms with Crippen LogP contribution in [0.4, 0.5) is 0 Å². The molecular weight excluding hydrogens is 220 g/mol. The first-order valence-corrected chi connectivity index (χ1v) is 6.32. The number of hydrogen-bond donors (Lipinski definition) is 0. The van der Waals surface area contributed by atoms with E-state index in [4.69, 9.17) is 5.26 Å². The molecule has 0 bridgehead atoms. The van der Waals surface area contributed by atoms with Gasteiger partial charge >= 0.3 is 0 Å². The highest BCUT2D eigenvalue weighted by molar-refractivity contribution is 5.47. The van der Waals surface area contributed by atoms with Gasteiger partial charge in [-0.25, -0.2) is 0 Å². The molecule has 0 unspecified atom stereocenters. The SMILES string of the molecule is CCc1ccccc1-n1c(C)cc(CC#N)c1C. The zero-order chi connectivity index (χ0) is 13.1. The number of rotatable bonds is 3. The Kier molecular flexibility index (Phi) is 3.53. The van der Waals surface area contributed by atoms with Crippen LogP contribution in [-0.4, -0.2) is 4.57 Å². The molecule has 0 N–H and O–H groups in total. The Morgan fingerprint density at radius 2 is 1.89 bits per heavy atom. The highest BCUT2D eigenvalue weighted by Crippen LogP contribution is 2.24. The van der Waals surface area contributed by atoms with E-state index in [2.05, 4.69) is 61.7 Å². The average Bonchev–Trinajstić information content (AvgIpc) is 2.65. The summed E-state index contributed by atoms with van der Waals surface area (Å²) in [7, 11) is 0. The van der Waals surface area contributed by atoms with Gasteiger partial charge in [-0.1, -0.05) is 25.1 Å². The summed E-state index contributed by atoms with van der Waals surface area (Å²) in [5.74, 6) is 0. The standard InChI is InChI=1S/C16H18N2/c1-4-14-7-5-6-8-16(14)18-12(2)11-15(9-10-17)13(18)3/h5-8,11H,4,9H2,1-3H3. The number of nitriles is 1. The second kappa shape index (κ2) is 5.10. The van der Waals surface area contributed by atoms with Crippen LogP contribution in [0.15, 0.2) is 30.3 Å². The van der Waals surface area contributed by atoms with Crippen molar-refractivity contribution in [1.29, 1.82) is 5.26 Å². The van der Waals surface area contributed by atoms with Gasteiger partial charge in [0.15, 0.2) is 0 Å². The van der Waals surface area contributed by atoms with Crippen molar-refractivity contribution in [3.05, 3.63) is 52.8 Å². The predicted octanol–water partition coefficient (Wildman–Crippen LogP) is 3.72. The summed E-state index contributed by atoms with van der Waals surface area (Å²) in [6.07, 6.45) is 1.49. The van der Waals surface area contributed by atoms with Crippen LogP contribution in [0.1, 0.15) is 29.4 Å². The third-order valence-corrected chi connectivity index (χ3v) is 3.42. The smallest absolute Gasteiger partial charge is 0.0670 e. The minimum atomic E-state index is 0.480. The van der Waals surface area contributed by atoms with Crippen molar-refractivity contribution in [3.8, 4) is 11.8 Å². The van der Waals surface area contributed by atoms with E-state index in [0.29, 0.717) is 6.42 Å². The molecule has 0 radical (unpaired) electrons. The maximum atomic E-state index is 8.86. The summed E-state index contributed by atoms with van der Waals surface area (Å²) in [6, 6.07) is 12.8. The van der Waals surface area contributed by atoms with E-state index in [1.807, 2.05) is 0 Å². The van der Waals surface area contributed by atoms with E-state index in [1.165, 1.54) is 22.6 Å². The van der Waals surface area contributed by atoms with E-state index in [9.17, 15) is 0 Å².